The Morgan fingerprint density at radius 2 is 2.00 bits per heavy atom. The van der Waals surface area contributed by atoms with Gasteiger partial charge in [-0.15, -0.1) is 0 Å². The molecule has 1 atom stereocenters. The molecule has 0 fully saturated rings. The number of hydrogen-bond donors (Lipinski definition) is 3. The summed E-state index contributed by atoms with van der Waals surface area (Å²) in [6, 6.07) is 9.06. The number of nitrogens with zero attached hydrogens (tertiary/aromatic N) is 1. The van der Waals surface area contributed by atoms with Gasteiger partial charge in [-0.05, 0) is 5.56 Å². The topological polar surface area (TPSA) is 87.6 Å². The minimum atomic E-state index is -0.393. The smallest absolute Gasteiger partial charge is 0.318 e. The molecule has 0 amide bonds. The first-order valence-corrected chi connectivity index (χ1v) is 4.22. The van der Waals surface area contributed by atoms with E-state index in [0.717, 1.165) is 5.56 Å². The maximum Gasteiger partial charge on any atom is 0.340 e. The molecule has 1 heterocycles. The van der Waals surface area contributed by atoms with Gasteiger partial charge in [-0.3, -0.25) is 4.98 Å². The maximum absolute atomic E-state index is 10.8. The lowest BCUT2D eigenvalue weighted by molar-refractivity contribution is 0.787. The van der Waals surface area contributed by atoms with E-state index in [9.17, 15) is 4.79 Å². The van der Waals surface area contributed by atoms with E-state index in [1.54, 1.807) is 0 Å². The molecule has 4 N–H and O–H groups in total. The number of hydrogen-bond acceptors (Lipinski definition) is 3. The van der Waals surface area contributed by atoms with E-state index in [4.69, 9.17) is 5.73 Å². The Balaban J connectivity index is 2.33. The molecule has 0 aliphatic carbocycles. The molecule has 2 rings (SSSR count). The average Bonchev–Trinajstić information content (AvgIpc) is 2.65. The van der Waals surface area contributed by atoms with Crippen molar-refractivity contribution in [2.24, 2.45) is 5.73 Å². The molecule has 0 unspecified atom stereocenters. The third kappa shape index (κ3) is 1.57. The number of aromatic nitrogens is 3. The van der Waals surface area contributed by atoms with Crippen molar-refractivity contribution in [2.75, 3.05) is 0 Å². The molecule has 1 aromatic heterocycles. The molecule has 0 aliphatic heterocycles. The molecule has 0 radical (unpaired) electrons. The first-order chi connectivity index (χ1) is 6.77. The first kappa shape index (κ1) is 8.71. The first-order valence-electron chi connectivity index (χ1n) is 4.22. The summed E-state index contributed by atoms with van der Waals surface area (Å²) in [5.74, 6) is 0.446. The average molecular weight is 190 g/mol. The van der Waals surface area contributed by atoms with Crippen LogP contribution < -0.4 is 11.4 Å². The summed E-state index contributed by atoms with van der Waals surface area (Å²) >= 11 is 0. The molecule has 5 heteroatoms. The van der Waals surface area contributed by atoms with Crippen molar-refractivity contribution in [1.29, 1.82) is 0 Å². The van der Waals surface area contributed by atoms with Crippen molar-refractivity contribution >= 4 is 0 Å². The van der Waals surface area contributed by atoms with Crippen LogP contribution in [0.4, 0.5) is 0 Å². The molecule has 0 saturated heterocycles. The largest absolute Gasteiger partial charge is 0.340 e. The Kier molecular flexibility index (Phi) is 2.16. The summed E-state index contributed by atoms with van der Waals surface area (Å²) in [5, 5.41) is 6.05. The minimum absolute atomic E-state index is 0.341. The van der Waals surface area contributed by atoms with Gasteiger partial charge in [0.25, 0.3) is 0 Å². The molecular formula is C9H10N4O. The van der Waals surface area contributed by atoms with Gasteiger partial charge in [0.15, 0.2) is 5.82 Å². The standard InChI is InChI=1S/C9H10N4O/c10-7(6-4-2-1-3-5-6)8-11-9(14)13-12-8/h1-5,7H,10H2,(H2,11,12,13,14)/t7-/m1/s1. The molecule has 2 aromatic rings. The van der Waals surface area contributed by atoms with Crippen LogP contribution in [0.25, 0.3) is 0 Å². The summed E-state index contributed by atoms with van der Waals surface area (Å²) in [4.78, 5) is 13.3. The fourth-order valence-electron chi connectivity index (χ4n) is 1.25. The summed E-state index contributed by atoms with van der Waals surface area (Å²) in [6.45, 7) is 0. The molecule has 0 spiro atoms. The number of nitrogens with two attached hydrogens (primary N) is 1. The number of nitrogens with one attached hydrogen (secondary N) is 2. The number of aromatic amines is 2. The molecule has 14 heavy (non-hydrogen) atoms. The monoisotopic (exact) mass is 190 g/mol. The van der Waals surface area contributed by atoms with Crippen molar-refractivity contribution in [2.45, 2.75) is 6.04 Å². The zero-order valence-corrected chi connectivity index (χ0v) is 7.40. The lowest BCUT2D eigenvalue weighted by atomic mass is 10.1. The zero-order valence-electron chi connectivity index (χ0n) is 7.40. The highest BCUT2D eigenvalue weighted by molar-refractivity contribution is 5.23. The second-order valence-electron chi connectivity index (χ2n) is 2.95. The number of H-pyrrole nitrogens is 2. The van der Waals surface area contributed by atoms with Crippen LogP contribution in [0, 0.1) is 0 Å². The van der Waals surface area contributed by atoms with Crippen LogP contribution in [-0.2, 0) is 0 Å². The summed E-state index contributed by atoms with van der Waals surface area (Å²) in [5.41, 5.74) is 6.45. The Bertz CT molecular complexity index is 459. The molecular weight excluding hydrogens is 180 g/mol. The Morgan fingerprint density at radius 1 is 1.29 bits per heavy atom. The summed E-state index contributed by atoms with van der Waals surface area (Å²) < 4.78 is 0. The van der Waals surface area contributed by atoms with Gasteiger partial charge >= 0.3 is 5.69 Å². The van der Waals surface area contributed by atoms with Crippen LogP contribution in [0.5, 0.6) is 0 Å². The van der Waals surface area contributed by atoms with Crippen molar-refractivity contribution in [3.05, 3.63) is 52.2 Å². The Morgan fingerprint density at radius 3 is 2.57 bits per heavy atom. The lowest BCUT2D eigenvalue weighted by Gasteiger charge is -2.06. The molecule has 0 aliphatic rings. The van der Waals surface area contributed by atoms with Gasteiger partial charge in [0, 0.05) is 0 Å². The summed E-state index contributed by atoms with van der Waals surface area (Å²) in [7, 11) is 0. The minimum Gasteiger partial charge on any atom is -0.318 e. The van der Waals surface area contributed by atoms with E-state index < -0.39 is 6.04 Å². The maximum atomic E-state index is 10.8. The fourth-order valence-corrected chi connectivity index (χ4v) is 1.25. The third-order valence-electron chi connectivity index (χ3n) is 1.97. The van der Waals surface area contributed by atoms with Gasteiger partial charge in [-0.25, -0.2) is 9.89 Å². The van der Waals surface area contributed by atoms with E-state index in [0.29, 0.717) is 5.82 Å². The van der Waals surface area contributed by atoms with Crippen LogP contribution in [0.3, 0.4) is 0 Å². The molecule has 5 nitrogen and oxygen atoms in total. The van der Waals surface area contributed by atoms with Crippen molar-refractivity contribution in [1.82, 2.24) is 15.2 Å². The second kappa shape index (κ2) is 3.47. The van der Waals surface area contributed by atoms with Crippen molar-refractivity contribution in [3.8, 4) is 0 Å². The van der Waals surface area contributed by atoms with E-state index in [-0.39, 0.29) is 5.69 Å². The van der Waals surface area contributed by atoms with Crippen LogP contribution in [-0.4, -0.2) is 15.2 Å². The second-order valence-corrected chi connectivity index (χ2v) is 2.95. The van der Waals surface area contributed by atoms with Crippen LogP contribution >= 0.6 is 0 Å². The van der Waals surface area contributed by atoms with E-state index >= 15 is 0 Å². The van der Waals surface area contributed by atoms with Gasteiger partial charge in [-0.2, -0.15) is 5.10 Å². The Hall–Kier alpha value is -1.88. The number of benzene rings is 1. The normalized spacial score (nSPS) is 12.6. The van der Waals surface area contributed by atoms with Crippen molar-refractivity contribution < 1.29 is 0 Å². The highest BCUT2D eigenvalue weighted by atomic mass is 16.1. The van der Waals surface area contributed by atoms with E-state index in [1.807, 2.05) is 30.3 Å². The van der Waals surface area contributed by atoms with E-state index in [1.165, 1.54) is 0 Å². The SMILES string of the molecule is N[C@H](c1ccccc1)c1n[nH]c(=O)[nH]1. The zero-order chi connectivity index (χ0) is 9.97. The van der Waals surface area contributed by atoms with Gasteiger partial charge in [0.2, 0.25) is 0 Å². The van der Waals surface area contributed by atoms with Gasteiger partial charge < -0.3 is 5.73 Å². The molecule has 0 bridgehead atoms. The van der Waals surface area contributed by atoms with Crippen LogP contribution in [0.1, 0.15) is 17.4 Å². The van der Waals surface area contributed by atoms with Crippen molar-refractivity contribution in [3.63, 3.8) is 0 Å². The molecule has 1 aromatic carbocycles. The highest BCUT2D eigenvalue weighted by Gasteiger charge is 2.11. The molecule has 0 saturated carbocycles. The summed E-state index contributed by atoms with van der Waals surface area (Å²) in [6.07, 6.45) is 0. The number of rotatable bonds is 2. The van der Waals surface area contributed by atoms with Gasteiger partial charge in [0.05, 0.1) is 6.04 Å². The predicted molar refractivity (Wildman–Crippen MR) is 51.7 cm³/mol. The van der Waals surface area contributed by atoms with Gasteiger partial charge in [0.1, 0.15) is 0 Å². The quantitative estimate of drug-likeness (QED) is 0.629. The van der Waals surface area contributed by atoms with Gasteiger partial charge in [-0.1, -0.05) is 30.3 Å². The van der Waals surface area contributed by atoms with Crippen LogP contribution in [0.15, 0.2) is 35.1 Å². The third-order valence-corrected chi connectivity index (χ3v) is 1.97. The predicted octanol–water partition coefficient (Wildman–Crippen LogP) is 0.146. The lowest BCUT2D eigenvalue weighted by Crippen LogP contribution is -2.14. The van der Waals surface area contributed by atoms with Crippen LogP contribution in [0.2, 0.25) is 0 Å². The molecule has 72 valence electrons. The van der Waals surface area contributed by atoms with E-state index in [2.05, 4.69) is 15.2 Å². The fraction of sp³-hybridized carbons (Fsp3) is 0.111. The Labute approximate surface area is 80.0 Å². The highest BCUT2D eigenvalue weighted by Crippen LogP contribution is 2.13.